The van der Waals surface area contributed by atoms with Gasteiger partial charge in [-0.25, -0.2) is 0 Å². The lowest BCUT2D eigenvalue weighted by Crippen LogP contribution is -2.17. The largest absolute Gasteiger partial charge is 0.398 e. The molecule has 20 heavy (non-hydrogen) atoms. The molecule has 0 fully saturated rings. The number of nitrogen functional groups attached to an aromatic ring is 1. The van der Waals surface area contributed by atoms with Crippen LogP contribution in [0.2, 0.25) is 0 Å². The third kappa shape index (κ3) is 2.70. The predicted molar refractivity (Wildman–Crippen MR) is 84.6 cm³/mol. The van der Waals surface area contributed by atoms with Crippen molar-refractivity contribution in [1.82, 2.24) is 0 Å². The molecule has 0 radical (unpaired) electrons. The molecule has 0 heterocycles. The minimum Gasteiger partial charge on any atom is -0.398 e. The zero-order valence-corrected chi connectivity index (χ0v) is 11.8. The van der Waals surface area contributed by atoms with E-state index in [1.807, 2.05) is 6.07 Å². The van der Waals surface area contributed by atoms with E-state index >= 15 is 0 Å². The van der Waals surface area contributed by atoms with Crippen LogP contribution in [-0.2, 0) is 19.3 Å². The van der Waals surface area contributed by atoms with Gasteiger partial charge < -0.3 is 11.5 Å². The molecule has 0 aliphatic heterocycles. The van der Waals surface area contributed by atoms with Gasteiger partial charge in [-0.2, -0.15) is 0 Å². The molecule has 4 N–H and O–H groups in total. The van der Waals surface area contributed by atoms with Crippen LogP contribution in [-0.4, -0.2) is 0 Å². The van der Waals surface area contributed by atoms with Crippen LogP contribution in [0.15, 0.2) is 42.5 Å². The van der Waals surface area contributed by atoms with E-state index in [1.165, 1.54) is 36.0 Å². The Hall–Kier alpha value is -1.80. The van der Waals surface area contributed by atoms with E-state index in [-0.39, 0.29) is 6.04 Å². The summed E-state index contributed by atoms with van der Waals surface area (Å²) in [4.78, 5) is 0. The van der Waals surface area contributed by atoms with Crippen molar-refractivity contribution in [2.45, 2.75) is 38.1 Å². The van der Waals surface area contributed by atoms with Crippen LogP contribution in [0.3, 0.4) is 0 Å². The second kappa shape index (κ2) is 5.68. The van der Waals surface area contributed by atoms with E-state index in [0.29, 0.717) is 0 Å². The smallest absolute Gasteiger partial charge is 0.0365 e. The summed E-state index contributed by atoms with van der Waals surface area (Å²) in [5, 5.41) is 0. The third-order valence-corrected chi connectivity index (χ3v) is 4.25. The number of anilines is 1. The van der Waals surface area contributed by atoms with E-state index in [0.717, 1.165) is 24.1 Å². The van der Waals surface area contributed by atoms with Crippen LogP contribution in [0.1, 0.15) is 41.1 Å². The molecule has 1 atom stereocenters. The average Bonchev–Trinajstić information content (AvgIpc) is 2.47. The molecule has 2 aromatic carbocycles. The Labute approximate surface area is 120 Å². The van der Waals surface area contributed by atoms with Gasteiger partial charge in [0.2, 0.25) is 0 Å². The fourth-order valence-corrected chi connectivity index (χ4v) is 3.12. The number of nitrogens with two attached hydrogens (primary N) is 2. The fourth-order valence-electron chi connectivity index (χ4n) is 3.12. The summed E-state index contributed by atoms with van der Waals surface area (Å²) in [6, 6.07) is 14.7. The molecule has 104 valence electrons. The normalized spacial score (nSPS) is 15.7. The maximum absolute atomic E-state index is 6.38. The Morgan fingerprint density at radius 2 is 1.60 bits per heavy atom. The second-order valence-electron chi connectivity index (χ2n) is 5.75. The van der Waals surface area contributed by atoms with Gasteiger partial charge >= 0.3 is 0 Å². The van der Waals surface area contributed by atoms with Crippen molar-refractivity contribution in [2.24, 2.45) is 5.73 Å². The van der Waals surface area contributed by atoms with Gasteiger partial charge in [-0.3, -0.25) is 0 Å². The molecule has 0 saturated heterocycles. The Balaban J connectivity index is 1.86. The maximum Gasteiger partial charge on any atom is 0.0365 e. The zero-order valence-electron chi connectivity index (χ0n) is 11.8. The summed E-state index contributed by atoms with van der Waals surface area (Å²) in [6.45, 7) is 0. The summed E-state index contributed by atoms with van der Waals surface area (Å²) >= 11 is 0. The van der Waals surface area contributed by atoms with Crippen LogP contribution in [0.25, 0.3) is 0 Å². The Morgan fingerprint density at radius 3 is 2.30 bits per heavy atom. The first-order valence-electron chi connectivity index (χ1n) is 7.44. The number of hydrogen-bond acceptors (Lipinski definition) is 2. The van der Waals surface area contributed by atoms with Crippen LogP contribution < -0.4 is 11.5 Å². The lowest BCUT2D eigenvalue weighted by Gasteiger charge is -2.21. The quantitative estimate of drug-likeness (QED) is 0.837. The number of aryl methyl sites for hydroxylation is 2. The molecule has 2 nitrogen and oxygen atoms in total. The first-order valence-corrected chi connectivity index (χ1v) is 7.44. The molecule has 0 saturated carbocycles. The van der Waals surface area contributed by atoms with Crippen molar-refractivity contribution >= 4 is 5.69 Å². The number of hydrogen-bond donors (Lipinski definition) is 2. The Morgan fingerprint density at radius 1 is 0.950 bits per heavy atom. The van der Waals surface area contributed by atoms with Crippen LogP contribution in [0.5, 0.6) is 0 Å². The van der Waals surface area contributed by atoms with Gasteiger partial charge in [0.1, 0.15) is 0 Å². The van der Waals surface area contributed by atoms with Crippen molar-refractivity contribution in [3.05, 3.63) is 64.7 Å². The van der Waals surface area contributed by atoms with E-state index in [1.54, 1.807) is 0 Å². The molecule has 3 rings (SSSR count). The fraction of sp³-hybridized carbons (Fsp3) is 0.333. The van der Waals surface area contributed by atoms with Crippen molar-refractivity contribution in [3.63, 3.8) is 0 Å². The Bertz CT molecular complexity index is 590. The van der Waals surface area contributed by atoms with Gasteiger partial charge in [-0.1, -0.05) is 36.4 Å². The highest BCUT2D eigenvalue weighted by molar-refractivity contribution is 5.54. The van der Waals surface area contributed by atoms with Crippen LogP contribution >= 0.6 is 0 Å². The zero-order chi connectivity index (χ0) is 13.9. The van der Waals surface area contributed by atoms with Crippen LogP contribution in [0, 0.1) is 0 Å². The average molecular weight is 266 g/mol. The molecule has 1 aliphatic rings. The monoisotopic (exact) mass is 266 g/mol. The van der Waals surface area contributed by atoms with E-state index < -0.39 is 0 Å². The molecule has 2 aromatic rings. The van der Waals surface area contributed by atoms with Gasteiger partial charge in [-0.15, -0.1) is 0 Å². The van der Waals surface area contributed by atoms with Gasteiger partial charge in [0.05, 0.1) is 0 Å². The molecule has 0 spiro atoms. The number of benzene rings is 2. The van der Waals surface area contributed by atoms with E-state index in [4.69, 9.17) is 11.5 Å². The van der Waals surface area contributed by atoms with E-state index in [9.17, 15) is 0 Å². The van der Waals surface area contributed by atoms with Gasteiger partial charge in [0.25, 0.3) is 0 Å². The molecule has 2 heteroatoms. The topological polar surface area (TPSA) is 52.0 Å². The molecular formula is C18H22N2. The molecular weight excluding hydrogens is 244 g/mol. The minimum atomic E-state index is -0.0235. The van der Waals surface area contributed by atoms with Gasteiger partial charge in [-0.05, 0) is 60.4 Å². The van der Waals surface area contributed by atoms with Crippen molar-refractivity contribution < 1.29 is 0 Å². The molecule has 0 bridgehead atoms. The second-order valence-corrected chi connectivity index (χ2v) is 5.75. The lowest BCUT2D eigenvalue weighted by atomic mass is 9.87. The highest BCUT2D eigenvalue weighted by Crippen LogP contribution is 2.30. The van der Waals surface area contributed by atoms with Crippen LogP contribution in [0.4, 0.5) is 5.69 Å². The first kappa shape index (κ1) is 13.2. The maximum atomic E-state index is 6.38. The molecule has 0 aromatic heterocycles. The number of fused-ring (bicyclic) bond motifs is 1. The summed E-state index contributed by atoms with van der Waals surface area (Å²) in [6.07, 6.45) is 5.73. The first-order chi connectivity index (χ1) is 9.74. The summed E-state index contributed by atoms with van der Waals surface area (Å²) in [7, 11) is 0. The predicted octanol–water partition coefficient (Wildman–Crippen LogP) is 3.39. The molecule has 1 aliphatic carbocycles. The highest BCUT2D eigenvalue weighted by atomic mass is 14.7. The van der Waals surface area contributed by atoms with Crippen molar-refractivity contribution in [2.75, 3.05) is 5.73 Å². The van der Waals surface area contributed by atoms with Gasteiger partial charge in [0, 0.05) is 11.7 Å². The highest BCUT2D eigenvalue weighted by Gasteiger charge is 2.16. The standard InChI is InChI=1S/C18H22N2/c19-17(10-13-6-2-1-3-7-13)16-11-14-8-4-5-9-15(14)12-18(16)20/h1-3,6-7,11-12,17H,4-5,8-10,19-20H2. The summed E-state index contributed by atoms with van der Waals surface area (Å²) < 4.78 is 0. The molecule has 1 unspecified atom stereocenters. The third-order valence-electron chi connectivity index (χ3n) is 4.25. The van der Waals surface area contributed by atoms with Crippen molar-refractivity contribution in [1.29, 1.82) is 0 Å². The summed E-state index contributed by atoms with van der Waals surface area (Å²) in [5.74, 6) is 0. The van der Waals surface area contributed by atoms with Crippen molar-refractivity contribution in [3.8, 4) is 0 Å². The summed E-state index contributed by atoms with van der Waals surface area (Å²) in [5.41, 5.74) is 18.7. The lowest BCUT2D eigenvalue weighted by molar-refractivity contribution is 0.676. The molecule has 0 amide bonds. The van der Waals surface area contributed by atoms with Gasteiger partial charge in [0.15, 0.2) is 0 Å². The minimum absolute atomic E-state index is 0.0235. The van der Waals surface area contributed by atoms with E-state index in [2.05, 4.69) is 36.4 Å². The Kier molecular flexibility index (Phi) is 3.75. The SMILES string of the molecule is Nc1cc2c(cc1C(N)Cc1ccccc1)CCCC2. The number of rotatable bonds is 3.